The topological polar surface area (TPSA) is 32.3 Å². The van der Waals surface area contributed by atoms with Gasteiger partial charge in [-0.25, -0.2) is 4.79 Å². The van der Waals surface area contributed by atoms with E-state index in [1.807, 2.05) is 32.0 Å². The minimum atomic E-state index is -4.21. The number of benzene rings is 1. The molecule has 0 bridgehead atoms. The first-order valence-electron chi connectivity index (χ1n) is 5.98. The van der Waals surface area contributed by atoms with Crippen LogP contribution in [-0.4, -0.2) is 30.2 Å². The molecule has 0 radical (unpaired) electrons. The maximum Gasteiger partial charge on any atom is 0.395 e. The summed E-state index contributed by atoms with van der Waals surface area (Å²) in [5.74, 6) is -1.39. The molecule has 1 N–H and O–H groups in total. The van der Waals surface area contributed by atoms with E-state index < -0.39 is 18.1 Å². The Morgan fingerprint density at radius 3 is 2.26 bits per heavy atom. The van der Waals surface area contributed by atoms with E-state index in [1.54, 1.807) is 0 Å². The Labute approximate surface area is 109 Å². The molecule has 2 rings (SSSR count). The van der Waals surface area contributed by atoms with Crippen molar-refractivity contribution in [3.05, 3.63) is 29.3 Å². The fourth-order valence-corrected chi connectivity index (χ4v) is 2.05. The second-order valence-corrected chi connectivity index (χ2v) is 4.84. The standard InChI is InChI=1S/C13H15F3N2O/c1-8-4-3-5-9(2)11(8)17-12(19)18-6-10(7-18)13(14,15)16/h3-5,10H,6-7H2,1-2H3,(H,17,19). The molecule has 6 heteroatoms. The molecule has 1 aromatic carbocycles. The van der Waals surface area contributed by atoms with Crippen molar-refractivity contribution in [1.29, 1.82) is 0 Å². The molecule has 0 saturated carbocycles. The summed E-state index contributed by atoms with van der Waals surface area (Å²) in [5.41, 5.74) is 2.45. The number of hydrogen-bond donors (Lipinski definition) is 1. The van der Waals surface area contributed by atoms with Gasteiger partial charge in [-0.2, -0.15) is 13.2 Å². The lowest BCUT2D eigenvalue weighted by atomic mass is 10.0. The fourth-order valence-electron chi connectivity index (χ4n) is 2.05. The van der Waals surface area contributed by atoms with E-state index in [0.717, 1.165) is 11.1 Å². The average Bonchev–Trinajstić information content (AvgIpc) is 2.19. The molecule has 2 amide bonds. The van der Waals surface area contributed by atoms with Gasteiger partial charge in [-0.1, -0.05) is 18.2 Å². The lowest BCUT2D eigenvalue weighted by Gasteiger charge is -2.40. The number of urea groups is 1. The van der Waals surface area contributed by atoms with E-state index in [1.165, 1.54) is 4.90 Å². The van der Waals surface area contributed by atoms with Gasteiger partial charge in [-0.15, -0.1) is 0 Å². The number of aryl methyl sites for hydroxylation is 2. The van der Waals surface area contributed by atoms with Crippen LogP contribution in [0.5, 0.6) is 0 Å². The zero-order chi connectivity index (χ0) is 14.2. The fraction of sp³-hybridized carbons (Fsp3) is 0.462. The molecular formula is C13H15F3N2O. The van der Waals surface area contributed by atoms with Crippen LogP contribution in [0.2, 0.25) is 0 Å². The maximum atomic E-state index is 12.3. The van der Waals surface area contributed by atoms with Crippen LogP contribution in [-0.2, 0) is 0 Å². The third-order valence-electron chi connectivity index (χ3n) is 3.34. The predicted octanol–water partition coefficient (Wildman–Crippen LogP) is 3.33. The molecule has 0 spiro atoms. The van der Waals surface area contributed by atoms with Gasteiger partial charge in [0.25, 0.3) is 0 Å². The first kappa shape index (κ1) is 13.7. The third-order valence-corrected chi connectivity index (χ3v) is 3.34. The van der Waals surface area contributed by atoms with Gasteiger partial charge in [0.15, 0.2) is 0 Å². The zero-order valence-corrected chi connectivity index (χ0v) is 10.7. The Bertz CT molecular complexity index is 473. The van der Waals surface area contributed by atoms with Crippen LogP contribution in [0.4, 0.5) is 23.7 Å². The number of anilines is 1. The summed E-state index contributed by atoms with van der Waals surface area (Å²) in [6.07, 6.45) is -4.21. The van der Waals surface area contributed by atoms with E-state index in [-0.39, 0.29) is 13.1 Å². The van der Waals surface area contributed by atoms with Crippen LogP contribution >= 0.6 is 0 Å². The highest BCUT2D eigenvalue weighted by Gasteiger charge is 2.48. The van der Waals surface area contributed by atoms with Crippen LogP contribution in [0, 0.1) is 19.8 Å². The Kier molecular flexibility index (Phi) is 3.43. The molecule has 1 fully saturated rings. The summed E-state index contributed by atoms with van der Waals surface area (Å²) in [7, 11) is 0. The third kappa shape index (κ3) is 2.83. The Hall–Kier alpha value is -1.72. The van der Waals surface area contributed by atoms with E-state index in [4.69, 9.17) is 0 Å². The van der Waals surface area contributed by atoms with Gasteiger partial charge in [-0.3, -0.25) is 0 Å². The van der Waals surface area contributed by atoms with Gasteiger partial charge in [0.1, 0.15) is 0 Å². The second-order valence-electron chi connectivity index (χ2n) is 4.84. The Morgan fingerprint density at radius 2 is 1.79 bits per heavy atom. The number of halogens is 3. The average molecular weight is 272 g/mol. The molecule has 104 valence electrons. The van der Waals surface area contributed by atoms with Crippen molar-refractivity contribution in [3.8, 4) is 0 Å². The van der Waals surface area contributed by atoms with E-state index in [0.29, 0.717) is 5.69 Å². The van der Waals surface area contributed by atoms with Crippen LogP contribution in [0.15, 0.2) is 18.2 Å². The summed E-state index contributed by atoms with van der Waals surface area (Å²) < 4.78 is 37.0. The number of alkyl halides is 3. The summed E-state index contributed by atoms with van der Waals surface area (Å²) in [6.45, 7) is 3.16. The summed E-state index contributed by atoms with van der Waals surface area (Å²) in [5, 5.41) is 2.67. The van der Waals surface area contributed by atoms with Crippen molar-refractivity contribution in [2.24, 2.45) is 5.92 Å². The van der Waals surface area contributed by atoms with Gasteiger partial charge in [-0.05, 0) is 25.0 Å². The number of nitrogens with one attached hydrogen (secondary N) is 1. The molecule has 3 nitrogen and oxygen atoms in total. The number of amides is 2. The molecule has 1 aromatic rings. The second kappa shape index (κ2) is 4.75. The highest BCUT2D eigenvalue weighted by Crippen LogP contribution is 2.33. The number of hydrogen-bond acceptors (Lipinski definition) is 1. The number of carbonyl (C=O) groups is 1. The number of carbonyl (C=O) groups excluding carboxylic acids is 1. The SMILES string of the molecule is Cc1cccc(C)c1NC(=O)N1CC(C(F)(F)F)C1. The highest BCUT2D eigenvalue weighted by molar-refractivity contribution is 5.91. The van der Waals surface area contributed by atoms with Crippen LogP contribution in [0.25, 0.3) is 0 Å². The molecule has 0 atom stereocenters. The van der Waals surface area contributed by atoms with Crippen LogP contribution in [0.3, 0.4) is 0 Å². The van der Waals surface area contributed by atoms with Crippen molar-refractivity contribution < 1.29 is 18.0 Å². The van der Waals surface area contributed by atoms with Gasteiger partial charge in [0, 0.05) is 18.8 Å². The Morgan fingerprint density at radius 1 is 1.26 bits per heavy atom. The van der Waals surface area contributed by atoms with Crippen LogP contribution < -0.4 is 5.32 Å². The molecule has 0 aromatic heterocycles. The van der Waals surface area contributed by atoms with Gasteiger partial charge >= 0.3 is 12.2 Å². The number of rotatable bonds is 1. The van der Waals surface area contributed by atoms with Gasteiger partial charge < -0.3 is 10.2 Å². The van der Waals surface area contributed by atoms with Crippen molar-refractivity contribution in [3.63, 3.8) is 0 Å². The zero-order valence-electron chi connectivity index (χ0n) is 10.7. The minimum absolute atomic E-state index is 0.264. The first-order valence-corrected chi connectivity index (χ1v) is 5.98. The molecule has 1 aliphatic rings. The maximum absolute atomic E-state index is 12.3. The number of nitrogens with zero attached hydrogens (tertiary/aromatic N) is 1. The van der Waals surface area contributed by atoms with E-state index >= 15 is 0 Å². The van der Waals surface area contributed by atoms with Crippen LogP contribution in [0.1, 0.15) is 11.1 Å². The normalized spacial score (nSPS) is 16.2. The lowest BCUT2D eigenvalue weighted by molar-refractivity contribution is -0.201. The first-order chi connectivity index (χ1) is 8.79. The quantitative estimate of drug-likeness (QED) is 0.835. The summed E-state index contributed by atoms with van der Waals surface area (Å²) in [4.78, 5) is 13.0. The molecule has 1 saturated heterocycles. The largest absolute Gasteiger partial charge is 0.395 e. The molecule has 0 aliphatic carbocycles. The molecule has 1 aliphatic heterocycles. The van der Waals surface area contributed by atoms with Crippen molar-refractivity contribution in [2.45, 2.75) is 20.0 Å². The van der Waals surface area contributed by atoms with E-state index in [2.05, 4.69) is 5.32 Å². The predicted molar refractivity (Wildman–Crippen MR) is 66.1 cm³/mol. The molecule has 19 heavy (non-hydrogen) atoms. The molecule has 1 heterocycles. The smallest absolute Gasteiger partial charge is 0.323 e. The molecule has 0 unspecified atom stereocenters. The number of likely N-dealkylation sites (tertiary alicyclic amines) is 1. The van der Waals surface area contributed by atoms with Crippen molar-refractivity contribution in [1.82, 2.24) is 4.90 Å². The highest BCUT2D eigenvalue weighted by atomic mass is 19.4. The lowest BCUT2D eigenvalue weighted by Crippen LogP contribution is -2.56. The summed E-state index contributed by atoms with van der Waals surface area (Å²) >= 11 is 0. The van der Waals surface area contributed by atoms with Gasteiger partial charge in [0.2, 0.25) is 0 Å². The molecular weight excluding hydrogens is 257 g/mol. The van der Waals surface area contributed by atoms with E-state index in [9.17, 15) is 18.0 Å². The monoisotopic (exact) mass is 272 g/mol. The summed E-state index contributed by atoms with van der Waals surface area (Å²) in [6, 6.07) is 5.08. The number of para-hydroxylation sites is 1. The van der Waals surface area contributed by atoms with Crippen molar-refractivity contribution >= 4 is 11.7 Å². The van der Waals surface area contributed by atoms with Crippen molar-refractivity contribution in [2.75, 3.05) is 18.4 Å². The minimum Gasteiger partial charge on any atom is -0.323 e. The van der Waals surface area contributed by atoms with Gasteiger partial charge in [0.05, 0.1) is 5.92 Å². The Balaban J connectivity index is 1.97.